The maximum Gasteiger partial charge on any atom is 0.233 e. The molecule has 0 aliphatic carbocycles. The van der Waals surface area contributed by atoms with Crippen LogP contribution in [0.25, 0.3) is 5.69 Å². The lowest BCUT2D eigenvalue weighted by atomic mass is 10.1. The van der Waals surface area contributed by atoms with E-state index in [9.17, 15) is 9.18 Å². The second kappa shape index (κ2) is 10.9. The first kappa shape index (κ1) is 24.1. The van der Waals surface area contributed by atoms with Crippen LogP contribution in [0.2, 0.25) is 0 Å². The molecule has 0 radical (unpaired) electrons. The smallest absolute Gasteiger partial charge is 0.233 e. The number of carbonyl (C=O) groups is 1. The van der Waals surface area contributed by atoms with Gasteiger partial charge in [-0.15, -0.1) is 10.2 Å². The third-order valence-corrected chi connectivity index (χ3v) is 7.15. The molecule has 1 aliphatic heterocycles. The molecule has 3 aromatic rings. The highest BCUT2D eigenvalue weighted by Crippen LogP contribution is 2.33. The van der Waals surface area contributed by atoms with Crippen molar-refractivity contribution in [3.63, 3.8) is 0 Å². The molecule has 34 heavy (non-hydrogen) atoms. The Balaban J connectivity index is 1.56. The largest absolute Gasteiger partial charge is 0.495 e. The second-order valence-corrected chi connectivity index (χ2v) is 9.30. The summed E-state index contributed by atoms with van der Waals surface area (Å²) in [6, 6.07) is 13.8. The Morgan fingerprint density at radius 1 is 1.12 bits per heavy atom. The zero-order valence-corrected chi connectivity index (χ0v) is 20.6. The molecular weight excluding hydrogens is 453 g/mol. The van der Waals surface area contributed by atoms with Gasteiger partial charge in [0.25, 0.3) is 0 Å². The number of anilines is 1. The monoisotopic (exact) mass is 483 g/mol. The number of hydrogen-bond acceptors (Lipinski definition) is 6. The minimum atomic E-state index is -0.291. The molecule has 4 rings (SSSR count). The van der Waals surface area contributed by atoms with Crippen LogP contribution in [-0.2, 0) is 4.79 Å². The zero-order chi connectivity index (χ0) is 24.1. The fraction of sp³-hybridized carbons (Fsp3) is 0.400. The maximum atomic E-state index is 13.3. The normalized spacial score (nSPS) is 14.6. The van der Waals surface area contributed by atoms with E-state index < -0.39 is 0 Å². The van der Waals surface area contributed by atoms with Gasteiger partial charge in [0.2, 0.25) is 11.9 Å². The van der Waals surface area contributed by atoms with Gasteiger partial charge in [0.15, 0.2) is 5.16 Å². The summed E-state index contributed by atoms with van der Waals surface area (Å²) < 4.78 is 20.9. The minimum Gasteiger partial charge on any atom is -0.495 e. The molecule has 1 saturated heterocycles. The van der Waals surface area contributed by atoms with Gasteiger partial charge >= 0.3 is 0 Å². The van der Waals surface area contributed by atoms with Crippen LogP contribution >= 0.6 is 11.8 Å². The Morgan fingerprint density at radius 2 is 1.82 bits per heavy atom. The molecule has 0 N–H and O–H groups in total. The van der Waals surface area contributed by atoms with E-state index in [-0.39, 0.29) is 23.5 Å². The van der Waals surface area contributed by atoms with E-state index in [1.807, 2.05) is 35.8 Å². The first-order chi connectivity index (χ1) is 16.5. The van der Waals surface area contributed by atoms with E-state index in [1.54, 1.807) is 31.2 Å². The van der Waals surface area contributed by atoms with Crippen LogP contribution in [-0.4, -0.2) is 58.6 Å². The predicted molar refractivity (Wildman–Crippen MR) is 132 cm³/mol. The number of benzene rings is 2. The quantitative estimate of drug-likeness (QED) is 0.432. The molecule has 1 aromatic heterocycles. The van der Waals surface area contributed by atoms with Crippen molar-refractivity contribution in [3.8, 4) is 11.4 Å². The van der Waals surface area contributed by atoms with Gasteiger partial charge in [-0.2, -0.15) is 0 Å². The first-order valence-electron chi connectivity index (χ1n) is 11.5. The third kappa shape index (κ3) is 5.19. The molecule has 7 nitrogen and oxygen atoms in total. The standard InChI is InChI=1S/C25H30FN5O2S/c1-18(19-11-13-20(26)14-12-19)29(2)23(32)17-34-25-28-27-24(30-15-7-4-8-16-30)31(25)21-9-5-6-10-22(21)33-3/h5-6,9-14,18H,4,7-8,15-17H2,1-3H3. The molecule has 2 heterocycles. The van der Waals surface area contributed by atoms with Gasteiger partial charge in [0, 0.05) is 20.1 Å². The molecule has 0 saturated carbocycles. The Bertz CT molecular complexity index is 1110. The Labute approximate surface area is 203 Å². The minimum absolute atomic E-state index is 0.0454. The van der Waals surface area contributed by atoms with Gasteiger partial charge in [-0.05, 0) is 56.0 Å². The Morgan fingerprint density at radius 3 is 2.53 bits per heavy atom. The summed E-state index contributed by atoms with van der Waals surface area (Å²) in [5, 5.41) is 9.60. The molecule has 1 atom stereocenters. The highest BCUT2D eigenvalue weighted by Gasteiger charge is 2.25. The van der Waals surface area contributed by atoms with Gasteiger partial charge in [0.05, 0.1) is 24.6 Å². The Kier molecular flexibility index (Phi) is 7.72. The summed E-state index contributed by atoms with van der Waals surface area (Å²) in [5.74, 6) is 1.36. The van der Waals surface area contributed by atoms with Crippen molar-refractivity contribution >= 4 is 23.6 Å². The maximum absolute atomic E-state index is 13.3. The molecule has 1 aliphatic rings. The summed E-state index contributed by atoms with van der Waals surface area (Å²) in [6.07, 6.45) is 3.45. The topological polar surface area (TPSA) is 63.5 Å². The highest BCUT2D eigenvalue weighted by molar-refractivity contribution is 7.99. The molecule has 180 valence electrons. The summed E-state index contributed by atoms with van der Waals surface area (Å²) >= 11 is 1.35. The van der Waals surface area contributed by atoms with Gasteiger partial charge in [-0.3, -0.25) is 9.36 Å². The number of amides is 1. The summed E-state index contributed by atoms with van der Waals surface area (Å²) in [6.45, 7) is 3.78. The van der Waals surface area contributed by atoms with Crippen molar-refractivity contribution < 1.29 is 13.9 Å². The number of thioether (sulfide) groups is 1. The van der Waals surface area contributed by atoms with Crippen LogP contribution in [0.15, 0.2) is 53.7 Å². The predicted octanol–water partition coefficient (Wildman–Crippen LogP) is 4.72. The molecule has 1 amide bonds. The number of carbonyl (C=O) groups excluding carboxylic acids is 1. The lowest BCUT2D eigenvalue weighted by molar-refractivity contribution is -0.128. The van der Waals surface area contributed by atoms with Gasteiger partial charge in [0.1, 0.15) is 11.6 Å². The number of para-hydroxylation sites is 2. The van der Waals surface area contributed by atoms with E-state index in [0.29, 0.717) is 5.16 Å². The lowest BCUT2D eigenvalue weighted by Crippen LogP contribution is -2.32. The van der Waals surface area contributed by atoms with Crippen LogP contribution < -0.4 is 9.64 Å². The fourth-order valence-corrected chi connectivity index (χ4v) is 4.95. The molecular formula is C25H30FN5O2S. The molecule has 1 fully saturated rings. The van der Waals surface area contributed by atoms with Gasteiger partial charge < -0.3 is 14.5 Å². The number of methoxy groups -OCH3 is 1. The van der Waals surface area contributed by atoms with E-state index in [1.165, 1.54) is 30.3 Å². The highest BCUT2D eigenvalue weighted by atomic mass is 32.2. The number of aromatic nitrogens is 3. The van der Waals surface area contributed by atoms with Crippen molar-refractivity contribution in [2.75, 3.05) is 37.9 Å². The van der Waals surface area contributed by atoms with E-state index in [0.717, 1.165) is 48.9 Å². The molecule has 2 aromatic carbocycles. The number of halogens is 1. The Hall–Kier alpha value is -3.07. The van der Waals surface area contributed by atoms with E-state index in [4.69, 9.17) is 4.74 Å². The van der Waals surface area contributed by atoms with Crippen LogP contribution in [0.3, 0.4) is 0 Å². The molecule has 1 unspecified atom stereocenters. The van der Waals surface area contributed by atoms with Crippen LogP contribution in [0.5, 0.6) is 5.75 Å². The van der Waals surface area contributed by atoms with Crippen LogP contribution in [0, 0.1) is 5.82 Å². The number of nitrogens with zero attached hydrogens (tertiary/aromatic N) is 5. The van der Waals surface area contributed by atoms with Crippen LogP contribution in [0.1, 0.15) is 37.8 Å². The van der Waals surface area contributed by atoms with Crippen molar-refractivity contribution in [2.24, 2.45) is 0 Å². The summed E-state index contributed by atoms with van der Waals surface area (Å²) in [7, 11) is 3.41. The van der Waals surface area contributed by atoms with Gasteiger partial charge in [-0.25, -0.2) is 4.39 Å². The molecule has 9 heteroatoms. The molecule has 0 bridgehead atoms. The average Bonchev–Trinajstić information content (AvgIpc) is 3.31. The number of hydrogen-bond donors (Lipinski definition) is 0. The second-order valence-electron chi connectivity index (χ2n) is 8.36. The van der Waals surface area contributed by atoms with Gasteiger partial charge in [-0.1, -0.05) is 36.0 Å². The summed E-state index contributed by atoms with van der Waals surface area (Å²) in [5.41, 5.74) is 1.73. The number of rotatable bonds is 8. The summed E-state index contributed by atoms with van der Waals surface area (Å²) in [4.78, 5) is 16.9. The molecule has 0 spiro atoms. The average molecular weight is 484 g/mol. The SMILES string of the molecule is COc1ccccc1-n1c(SCC(=O)N(C)C(C)c2ccc(F)cc2)nnc1N1CCCCC1. The fourth-order valence-electron chi connectivity index (χ4n) is 4.09. The van der Waals surface area contributed by atoms with Crippen molar-refractivity contribution in [1.82, 2.24) is 19.7 Å². The lowest BCUT2D eigenvalue weighted by Gasteiger charge is -2.28. The van der Waals surface area contributed by atoms with E-state index in [2.05, 4.69) is 15.1 Å². The first-order valence-corrected chi connectivity index (χ1v) is 12.5. The zero-order valence-electron chi connectivity index (χ0n) is 19.8. The number of ether oxygens (including phenoxy) is 1. The van der Waals surface area contributed by atoms with Crippen LogP contribution in [0.4, 0.5) is 10.3 Å². The number of piperidine rings is 1. The van der Waals surface area contributed by atoms with Crippen molar-refractivity contribution in [2.45, 2.75) is 37.4 Å². The van der Waals surface area contributed by atoms with Crippen molar-refractivity contribution in [3.05, 3.63) is 59.9 Å². The van der Waals surface area contributed by atoms with Crippen molar-refractivity contribution in [1.29, 1.82) is 0 Å². The third-order valence-electron chi connectivity index (χ3n) is 6.23. The van der Waals surface area contributed by atoms with E-state index >= 15 is 0 Å².